The molecule has 4 nitrogen and oxygen atoms in total. The molecular weight excluding hydrogens is 322 g/mol. The van der Waals surface area contributed by atoms with Crippen LogP contribution < -0.4 is 10.2 Å². The molecule has 3 rings (SSSR count). The van der Waals surface area contributed by atoms with Gasteiger partial charge in [0.2, 0.25) is 5.88 Å². The van der Waals surface area contributed by atoms with E-state index in [1.54, 1.807) is 0 Å². The van der Waals surface area contributed by atoms with E-state index in [2.05, 4.69) is 4.98 Å². The molecule has 0 aromatic carbocycles. The van der Waals surface area contributed by atoms with E-state index in [1.807, 2.05) is 27.7 Å². The highest BCUT2D eigenvalue weighted by Gasteiger charge is 2.52. The van der Waals surface area contributed by atoms with Crippen LogP contribution in [0.25, 0.3) is 0 Å². The highest BCUT2D eigenvalue weighted by Crippen LogP contribution is 2.39. The third kappa shape index (κ3) is 3.40. The Balaban J connectivity index is 1.87. The quantitative estimate of drug-likeness (QED) is 0.788. The summed E-state index contributed by atoms with van der Waals surface area (Å²) in [7, 11) is -0.888. The van der Waals surface area contributed by atoms with Crippen LogP contribution in [0.5, 0.6) is 5.88 Å². The Morgan fingerprint density at radius 3 is 2.29 bits per heavy atom. The van der Waals surface area contributed by atoms with Crippen molar-refractivity contribution >= 4 is 12.6 Å². The average molecular weight is 343 g/mol. The molecule has 1 aromatic rings. The van der Waals surface area contributed by atoms with E-state index in [0.29, 0.717) is 5.92 Å². The van der Waals surface area contributed by atoms with Crippen LogP contribution >= 0.6 is 0 Å². The molecule has 2 heterocycles. The second-order valence-corrected chi connectivity index (χ2v) is 7.46. The Morgan fingerprint density at radius 2 is 1.79 bits per heavy atom. The number of nitrogens with zero attached hydrogens (tertiary/aromatic N) is 1. The first kappa shape index (κ1) is 17.5. The summed E-state index contributed by atoms with van der Waals surface area (Å²) in [6, 6.07) is 1.01. The van der Waals surface area contributed by atoms with Crippen LogP contribution in [0.15, 0.2) is 12.3 Å². The van der Waals surface area contributed by atoms with Gasteiger partial charge in [0.1, 0.15) is 5.56 Å². The summed E-state index contributed by atoms with van der Waals surface area (Å²) in [5.41, 5.74) is -1.91. The lowest BCUT2D eigenvalue weighted by atomic mass is 9.79. The van der Waals surface area contributed by atoms with Crippen LogP contribution in [0.2, 0.25) is 0 Å². The number of hydrogen-bond acceptors (Lipinski definition) is 4. The van der Waals surface area contributed by atoms with E-state index >= 15 is 0 Å². The van der Waals surface area contributed by atoms with Gasteiger partial charge in [0.15, 0.2) is 0 Å². The molecule has 0 atom stereocenters. The maximum atomic E-state index is 13.4. The molecule has 0 bridgehead atoms. The fourth-order valence-corrected chi connectivity index (χ4v) is 2.38. The number of pyridine rings is 1. The van der Waals surface area contributed by atoms with Crippen molar-refractivity contribution in [3.05, 3.63) is 17.8 Å². The Kier molecular flexibility index (Phi) is 4.11. The number of rotatable bonds is 4. The van der Waals surface area contributed by atoms with Gasteiger partial charge in [-0.1, -0.05) is 0 Å². The van der Waals surface area contributed by atoms with Crippen LogP contribution in [0, 0.1) is 5.92 Å². The van der Waals surface area contributed by atoms with E-state index in [9.17, 15) is 13.2 Å². The number of hydrogen-bond donors (Lipinski definition) is 0. The van der Waals surface area contributed by atoms with Crippen molar-refractivity contribution in [3.63, 3.8) is 0 Å². The maximum absolute atomic E-state index is 13.4. The average Bonchev–Trinajstić information content (AvgIpc) is 3.23. The Labute approximate surface area is 139 Å². The first-order chi connectivity index (χ1) is 11.0. The third-order valence-electron chi connectivity index (χ3n) is 4.86. The standard InChI is InChI=1S/C16H21BF3NO3/c1-14(2)15(3,4)24-17(23-14)11-7-12(16(18,19)20)13(21-8-11)22-9-10-5-6-10/h7-8,10H,5-6,9H2,1-4H3. The van der Waals surface area contributed by atoms with Crippen LogP contribution in [0.1, 0.15) is 46.1 Å². The molecular formula is C16H21BF3NO3. The minimum Gasteiger partial charge on any atom is -0.477 e. The van der Waals surface area contributed by atoms with Crippen LogP contribution in [0.3, 0.4) is 0 Å². The lowest BCUT2D eigenvalue weighted by molar-refractivity contribution is -0.139. The molecule has 24 heavy (non-hydrogen) atoms. The summed E-state index contributed by atoms with van der Waals surface area (Å²) in [4.78, 5) is 3.88. The van der Waals surface area contributed by atoms with Crippen molar-refractivity contribution in [3.8, 4) is 5.88 Å². The highest BCUT2D eigenvalue weighted by atomic mass is 19.4. The molecule has 8 heteroatoms. The van der Waals surface area contributed by atoms with Crippen molar-refractivity contribution in [2.45, 2.75) is 57.9 Å². The third-order valence-corrected chi connectivity index (χ3v) is 4.86. The van der Waals surface area contributed by atoms with Gasteiger partial charge in [-0.2, -0.15) is 13.2 Å². The van der Waals surface area contributed by atoms with Crippen LogP contribution in [-0.4, -0.2) is 29.9 Å². The topological polar surface area (TPSA) is 40.6 Å². The highest BCUT2D eigenvalue weighted by molar-refractivity contribution is 6.62. The summed E-state index contributed by atoms with van der Waals surface area (Å²) in [5.74, 6) is -0.0367. The van der Waals surface area contributed by atoms with Crippen molar-refractivity contribution in [2.75, 3.05) is 6.61 Å². The van der Waals surface area contributed by atoms with Gasteiger partial charge in [0, 0.05) is 11.7 Å². The monoisotopic (exact) mass is 343 g/mol. The Morgan fingerprint density at radius 1 is 1.21 bits per heavy atom. The first-order valence-electron chi connectivity index (χ1n) is 8.05. The summed E-state index contributed by atoms with van der Waals surface area (Å²) in [6.45, 7) is 7.65. The molecule has 1 aliphatic carbocycles. The predicted molar refractivity (Wildman–Crippen MR) is 83.2 cm³/mol. The van der Waals surface area contributed by atoms with Crippen molar-refractivity contribution in [2.24, 2.45) is 5.92 Å². The second kappa shape index (κ2) is 5.63. The fourth-order valence-electron chi connectivity index (χ4n) is 2.38. The zero-order chi connectivity index (χ0) is 17.8. The molecule has 0 radical (unpaired) electrons. The first-order valence-corrected chi connectivity index (χ1v) is 8.05. The lowest BCUT2D eigenvalue weighted by Crippen LogP contribution is -2.41. The maximum Gasteiger partial charge on any atom is 0.496 e. The van der Waals surface area contributed by atoms with Crippen molar-refractivity contribution in [1.82, 2.24) is 4.98 Å². The summed E-state index contributed by atoms with van der Waals surface area (Å²) in [5, 5.41) is 0. The summed E-state index contributed by atoms with van der Waals surface area (Å²) < 4.78 is 56.9. The van der Waals surface area contributed by atoms with E-state index < -0.39 is 30.1 Å². The van der Waals surface area contributed by atoms with Gasteiger partial charge in [-0.3, -0.25) is 0 Å². The number of aromatic nitrogens is 1. The van der Waals surface area contributed by atoms with Gasteiger partial charge >= 0.3 is 13.3 Å². The van der Waals surface area contributed by atoms with Gasteiger partial charge < -0.3 is 14.0 Å². The van der Waals surface area contributed by atoms with E-state index in [1.165, 1.54) is 6.20 Å². The zero-order valence-electron chi connectivity index (χ0n) is 14.2. The molecule has 1 aromatic heterocycles. The van der Waals surface area contributed by atoms with E-state index in [4.69, 9.17) is 14.0 Å². The van der Waals surface area contributed by atoms with Gasteiger partial charge in [0.25, 0.3) is 0 Å². The molecule has 2 fully saturated rings. The van der Waals surface area contributed by atoms with Crippen LogP contribution in [0.4, 0.5) is 13.2 Å². The SMILES string of the molecule is CC1(C)OB(c2cnc(OCC3CC3)c(C(F)(F)F)c2)OC1(C)C. The van der Waals surface area contributed by atoms with E-state index in [0.717, 1.165) is 18.9 Å². The van der Waals surface area contributed by atoms with Gasteiger partial charge in [-0.15, -0.1) is 0 Å². The van der Waals surface area contributed by atoms with Crippen molar-refractivity contribution < 1.29 is 27.2 Å². The minimum absolute atomic E-state index is 0.236. The van der Waals surface area contributed by atoms with Gasteiger partial charge in [-0.05, 0) is 52.5 Å². The van der Waals surface area contributed by atoms with Crippen LogP contribution in [-0.2, 0) is 15.5 Å². The fraction of sp³-hybridized carbons (Fsp3) is 0.688. The summed E-state index contributed by atoms with van der Waals surface area (Å²) in [6.07, 6.45) is -1.23. The molecule has 0 N–H and O–H groups in total. The largest absolute Gasteiger partial charge is 0.496 e. The Hall–Kier alpha value is -1.28. The zero-order valence-corrected chi connectivity index (χ0v) is 14.2. The smallest absolute Gasteiger partial charge is 0.477 e. The van der Waals surface area contributed by atoms with E-state index in [-0.39, 0.29) is 17.9 Å². The normalized spacial score (nSPS) is 22.7. The molecule has 0 unspecified atom stereocenters. The molecule has 1 saturated heterocycles. The lowest BCUT2D eigenvalue weighted by Gasteiger charge is -2.32. The second-order valence-electron chi connectivity index (χ2n) is 7.46. The molecule has 0 spiro atoms. The molecule has 132 valence electrons. The van der Waals surface area contributed by atoms with Gasteiger partial charge in [0.05, 0.1) is 17.8 Å². The number of ether oxygens (including phenoxy) is 1. The molecule has 2 aliphatic rings. The van der Waals surface area contributed by atoms with Crippen molar-refractivity contribution in [1.29, 1.82) is 0 Å². The Bertz CT molecular complexity index is 613. The van der Waals surface area contributed by atoms with Gasteiger partial charge in [-0.25, -0.2) is 4.98 Å². The molecule has 0 amide bonds. The minimum atomic E-state index is -4.55. The number of halogens is 3. The molecule has 1 aliphatic heterocycles. The predicted octanol–water partition coefficient (Wildman–Crippen LogP) is 3.19. The number of alkyl halides is 3. The molecule has 1 saturated carbocycles. The summed E-state index contributed by atoms with van der Waals surface area (Å²) >= 11 is 0.